The number of hydrogen-bond donors (Lipinski definition) is 1. The van der Waals surface area contributed by atoms with Crippen LogP contribution in [-0.4, -0.2) is 4.98 Å². The highest BCUT2D eigenvalue weighted by atomic mass is 35.5. The van der Waals surface area contributed by atoms with Crippen molar-refractivity contribution in [2.24, 2.45) is 5.90 Å². The highest BCUT2D eigenvalue weighted by molar-refractivity contribution is 5.85. The molecule has 2 rings (SSSR count). The Kier molecular flexibility index (Phi) is 3.06. The molecule has 0 aliphatic carbocycles. The summed E-state index contributed by atoms with van der Waals surface area (Å²) in [4.78, 5) is 8.75. The fourth-order valence-electron chi connectivity index (χ4n) is 1.13. The van der Waals surface area contributed by atoms with Crippen LogP contribution in [0.4, 0.5) is 0 Å². The second-order valence-corrected chi connectivity index (χ2v) is 2.48. The lowest BCUT2D eigenvalue weighted by atomic mass is 10.2. The van der Waals surface area contributed by atoms with E-state index in [9.17, 15) is 0 Å². The third-order valence-electron chi connectivity index (χ3n) is 1.71. The van der Waals surface area contributed by atoms with Gasteiger partial charge in [-0.1, -0.05) is 6.07 Å². The minimum atomic E-state index is 0. The van der Waals surface area contributed by atoms with E-state index in [0.29, 0.717) is 5.75 Å². The average Bonchev–Trinajstić information content (AvgIpc) is 2.17. The number of aromatic nitrogens is 1. The summed E-state index contributed by atoms with van der Waals surface area (Å²) < 4.78 is 0. The van der Waals surface area contributed by atoms with Gasteiger partial charge in [0.15, 0.2) is 0 Å². The fraction of sp³-hybridized carbons (Fsp3) is 0. The van der Waals surface area contributed by atoms with Gasteiger partial charge in [0.1, 0.15) is 5.75 Å². The SMILES string of the molecule is Cl.NOc1ccc2ncccc2c1. The molecule has 0 saturated carbocycles. The highest BCUT2D eigenvalue weighted by Gasteiger charge is 1.95. The van der Waals surface area contributed by atoms with E-state index >= 15 is 0 Å². The molecule has 0 amide bonds. The maximum Gasteiger partial charge on any atom is 0.147 e. The molecule has 2 aromatic rings. The minimum Gasteiger partial charge on any atom is -0.412 e. The summed E-state index contributed by atoms with van der Waals surface area (Å²) in [6, 6.07) is 9.35. The van der Waals surface area contributed by atoms with Crippen LogP contribution in [0.5, 0.6) is 5.75 Å². The van der Waals surface area contributed by atoms with Gasteiger partial charge in [0, 0.05) is 11.6 Å². The first kappa shape index (κ1) is 9.77. The average molecular weight is 197 g/mol. The van der Waals surface area contributed by atoms with Crippen LogP contribution in [0.25, 0.3) is 10.9 Å². The van der Waals surface area contributed by atoms with E-state index in [-0.39, 0.29) is 12.4 Å². The van der Waals surface area contributed by atoms with Gasteiger partial charge in [0.25, 0.3) is 0 Å². The molecule has 0 aliphatic heterocycles. The van der Waals surface area contributed by atoms with Gasteiger partial charge in [-0.25, -0.2) is 0 Å². The Balaban J connectivity index is 0.000000845. The van der Waals surface area contributed by atoms with Crippen LogP contribution >= 0.6 is 12.4 Å². The molecular weight excluding hydrogens is 188 g/mol. The van der Waals surface area contributed by atoms with Crippen LogP contribution in [0.1, 0.15) is 0 Å². The Labute approximate surface area is 81.9 Å². The van der Waals surface area contributed by atoms with Crippen molar-refractivity contribution in [2.75, 3.05) is 0 Å². The Bertz CT molecular complexity index is 405. The zero-order chi connectivity index (χ0) is 8.39. The lowest BCUT2D eigenvalue weighted by Crippen LogP contribution is -2.01. The van der Waals surface area contributed by atoms with Crippen molar-refractivity contribution in [3.05, 3.63) is 36.5 Å². The van der Waals surface area contributed by atoms with Crippen LogP contribution in [0.3, 0.4) is 0 Å². The molecule has 3 nitrogen and oxygen atoms in total. The molecule has 2 N–H and O–H groups in total. The van der Waals surface area contributed by atoms with E-state index in [1.54, 1.807) is 12.3 Å². The largest absolute Gasteiger partial charge is 0.412 e. The summed E-state index contributed by atoms with van der Waals surface area (Å²) in [6.07, 6.45) is 1.76. The van der Waals surface area contributed by atoms with Crippen LogP contribution in [-0.2, 0) is 0 Å². The number of hydrogen-bond acceptors (Lipinski definition) is 3. The Morgan fingerprint density at radius 3 is 2.85 bits per heavy atom. The van der Waals surface area contributed by atoms with Crippen LogP contribution in [0, 0.1) is 0 Å². The second kappa shape index (κ2) is 4.07. The normalized spacial score (nSPS) is 9.31. The maximum atomic E-state index is 5.02. The predicted octanol–water partition coefficient (Wildman–Crippen LogP) is 1.91. The van der Waals surface area contributed by atoms with Gasteiger partial charge >= 0.3 is 0 Å². The zero-order valence-electron chi connectivity index (χ0n) is 6.81. The van der Waals surface area contributed by atoms with Gasteiger partial charge in [0.05, 0.1) is 5.52 Å². The second-order valence-electron chi connectivity index (χ2n) is 2.48. The molecule has 1 aromatic carbocycles. The fourth-order valence-corrected chi connectivity index (χ4v) is 1.13. The standard InChI is InChI=1S/C9H8N2O.ClH/c10-12-8-3-4-9-7(6-8)2-1-5-11-9;/h1-6H,10H2;1H. The molecule has 0 atom stereocenters. The van der Waals surface area contributed by atoms with E-state index in [2.05, 4.69) is 9.82 Å². The predicted molar refractivity (Wildman–Crippen MR) is 53.8 cm³/mol. The number of fused-ring (bicyclic) bond motifs is 1. The van der Waals surface area contributed by atoms with Crippen LogP contribution in [0.15, 0.2) is 36.5 Å². The quantitative estimate of drug-likeness (QED) is 0.709. The molecule has 0 aliphatic rings. The van der Waals surface area contributed by atoms with E-state index < -0.39 is 0 Å². The van der Waals surface area contributed by atoms with Crippen molar-refractivity contribution >= 4 is 23.3 Å². The van der Waals surface area contributed by atoms with Crippen molar-refractivity contribution in [2.45, 2.75) is 0 Å². The lowest BCUT2D eigenvalue weighted by Gasteiger charge is -1.99. The van der Waals surface area contributed by atoms with Gasteiger partial charge < -0.3 is 4.84 Å². The summed E-state index contributed by atoms with van der Waals surface area (Å²) >= 11 is 0. The van der Waals surface area contributed by atoms with Crippen molar-refractivity contribution in [3.8, 4) is 5.75 Å². The van der Waals surface area contributed by atoms with Crippen molar-refractivity contribution in [3.63, 3.8) is 0 Å². The lowest BCUT2D eigenvalue weighted by molar-refractivity contribution is 0.335. The molecule has 0 unspecified atom stereocenters. The third kappa shape index (κ3) is 1.88. The number of rotatable bonds is 1. The Hall–Kier alpha value is -1.32. The number of benzene rings is 1. The van der Waals surface area contributed by atoms with Gasteiger partial charge in [0.2, 0.25) is 0 Å². The van der Waals surface area contributed by atoms with Crippen LogP contribution in [0.2, 0.25) is 0 Å². The van der Waals surface area contributed by atoms with Crippen molar-refractivity contribution < 1.29 is 4.84 Å². The van der Waals surface area contributed by atoms with Crippen molar-refractivity contribution in [1.82, 2.24) is 4.98 Å². The monoisotopic (exact) mass is 196 g/mol. The Morgan fingerprint density at radius 2 is 2.08 bits per heavy atom. The molecular formula is C9H9ClN2O. The summed E-state index contributed by atoms with van der Waals surface area (Å²) in [5.41, 5.74) is 0.943. The van der Waals surface area contributed by atoms with Gasteiger partial charge in [-0.15, -0.1) is 12.4 Å². The minimum absolute atomic E-state index is 0. The first-order valence-electron chi connectivity index (χ1n) is 3.62. The molecule has 1 heterocycles. The summed E-state index contributed by atoms with van der Waals surface area (Å²) in [7, 11) is 0. The van der Waals surface area contributed by atoms with Gasteiger partial charge in [-0.2, -0.15) is 5.90 Å². The molecule has 13 heavy (non-hydrogen) atoms. The van der Waals surface area contributed by atoms with E-state index in [1.165, 1.54) is 0 Å². The summed E-state index contributed by atoms with van der Waals surface area (Å²) in [6.45, 7) is 0. The van der Waals surface area contributed by atoms with Gasteiger partial charge in [-0.3, -0.25) is 4.98 Å². The molecule has 0 radical (unpaired) electrons. The third-order valence-corrected chi connectivity index (χ3v) is 1.71. The molecule has 4 heteroatoms. The molecule has 0 spiro atoms. The first-order valence-corrected chi connectivity index (χ1v) is 3.62. The number of halogens is 1. The summed E-state index contributed by atoms with van der Waals surface area (Å²) in [5.74, 6) is 5.67. The first-order chi connectivity index (χ1) is 5.90. The number of pyridine rings is 1. The number of nitrogens with zero attached hydrogens (tertiary/aromatic N) is 1. The number of nitrogens with two attached hydrogens (primary N) is 1. The topological polar surface area (TPSA) is 48.1 Å². The smallest absolute Gasteiger partial charge is 0.147 e. The zero-order valence-corrected chi connectivity index (χ0v) is 7.62. The molecule has 68 valence electrons. The highest BCUT2D eigenvalue weighted by Crippen LogP contribution is 2.17. The molecule has 0 saturated heterocycles. The van der Waals surface area contributed by atoms with Gasteiger partial charge in [-0.05, 0) is 24.3 Å². The maximum absolute atomic E-state index is 5.02. The summed E-state index contributed by atoms with van der Waals surface area (Å²) in [5, 5.41) is 1.03. The van der Waals surface area contributed by atoms with E-state index in [0.717, 1.165) is 10.9 Å². The molecule has 0 fully saturated rings. The van der Waals surface area contributed by atoms with E-state index in [4.69, 9.17) is 5.90 Å². The van der Waals surface area contributed by atoms with Crippen LogP contribution < -0.4 is 10.7 Å². The Morgan fingerprint density at radius 1 is 1.23 bits per heavy atom. The molecule has 0 bridgehead atoms. The molecule has 1 aromatic heterocycles. The van der Waals surface area contributed by atoms with E-state index in [1.807, 2.05) is 24.3 Å². The van der Waals surface area contributed by atoms with Crippen molar-refractivity contribution in [1.29, 1.82) is 0 Å².